The van der Waals surface area contributed by atoms with E-state index in [0.717, 1.165) is 30.5 Å². The summed E-state index contributed by atoms with van der Waals surface area (Å²) in [7, 11) is 0. The highest BCUT2D eigenvalue weighted by Crippen LogP contribution is 2.29. The predicted octanol–water partition coefficient (Wildman–Crippen LogP) is 4.37. The number of aromatic nitrogens is 5. The van der Waals surface area contributed by atoms with Gasteiger partial charge in [-0.1, -0.05) is 54.6 Å². The van der Waals surface area contributed by atoms with Gasteiger partial charge in [-0.15, -0.1) is 0 Å². The Bertz CT molecular complexity index is 1200. The molecule has 138 valence electrons. The molecule has 2 heterocycles. The van der Waals surface area contributed by atoms with Crippen molar-refractivity contribution < 1.29 is 0 Å². The van der Waals surface area contributed by atoms with Crippen LogP contribution in [0.2, 0.25) is 0 Å². The number of nitrogens with one attached hydrogen (secondary N) is 2. The fourth-order valence-electron chi connectivity index (χ4n) is 3.57. The predicted molar refractivity (Wildman–Crippen MR) is 112 cm³/mol. The second-order valence-electron chi connectivity index (χ2n) is 6.78. The molecular formula is C21H18N6S. The van der Waals surface area contributed by atoms with E-state index < -0.39 is 0 Å². The first-order valence-electron chi connectivity index (χ1n) is 9.23. The van der Waals surface area contributed by atoms with Crippen LogP contribution >= 0.6 is 12.2 Å². The number of aryl methyl sites for hydroxylation is 1. The minimum atomic E-state index is 0.446. The van der Waals surface area contributed by atoms with Gasteiger partial charge >= 0.3 is 0 Å². The van der Waals surface area contributed by atoms with Crippen molar-refractivity contribution in [1.82, 2.24) is 25.1 Å². The molecule has 28 heavy (non-hydrogen) atoms. The highest BCUT2D eigenvalue weighted by molar-refractivity contribution is 7.71. The summed E-state index contributed by atoms with van der Waals surface area (Å²) in [5, 5.41) is 19.3. The maximum atomic E-state index is 5.37. The van der Waals surface area contributed by atoms with E-state index in [4.69, 9.17) is 12.2 Å². The molecule has 0 saturated carbocycles. The Labute approximate surface area is 167 Å². The summed E-state index contributed by atoms with van der Waals surface area (Å²) in [4.78, 5) is 0. The minimum Gasteiger partial charge on any atom is -0.282 e. The third-order valence-corrected chi connectivity index (χ3v) is 5.27. The Hall–Kier alpha value is -3.32. The Morgan fingerprint density at radius 3 is 2.54 bits per heavy atom. The Morgan fingerprint density at radius 1 is 0.929 bits per heavy atom. The summed E-state index contributed by atoms with van der Waals surface area (Å²) in [6, 6.07) is 18.6. The van der Waals surface area contributed by atoms with Gasteiger partial charge in [0.15, 0.2) is 0 Å². The van der Waals surface area contributed by atoms with Crippen LogP contribution < -0.4 is 0 Å². The number of nitrogens with zero attached hydrogens (tertiary/aromatic N) is 4. The van der Waals surface area contributed by atoms with E-state index in [-0.39, 0.29) is 0 Å². The lowest BCUT2D eigenvalue weighted by molar-refractivity contribution is 0.844. The van der Waals surface area contributed by atoms with Crippen molar-refractivity contribution in [2.75, 3.05) is 0 Å². The summed E-state index contributed by atoms with van der Waals surface area (Å²) >= 11 is 5.37. The second kappa shape index (κ2) is 7.01. The van der Waals surface area contributed by atoms with Gasteiger partial charge in [0, 0.05) is 11.3 Å². The summed E-state index contributed by atoms with van der Waals surface area (Å²) < 4.78 is 2.08. The minimum absolute atomic E-state index is 0.446. The normalized spacial score (nSPS) is 13.3. The van der Waals surface area contributed by atoms with Crippen LogP contribution in [0.1, 0.15) is 23.2 Å². The number of hydrogen-bond acceptors (Lipinski definition) is 4. The van der Waals surface area contributed by atoms with Crippen molar-refractivity contribution in [2.24, 2.45) is 5.10 Å². The van der Waals surface area contributed by atoms with Crippen molar-refractivity contribution in [2.45, 2.75) is 19.3 Å². The Morgan fingerprint density at radius 2 is 1.71 bits per heavy atom. The summed E-state index contributed by atoms with van der Waals surface area (Å²) in [6.45, 7) is 0. The molecule has 0 atom stereocenters. The smallest absolute Gasteiger partial charge is 0.216 e. The van der Waals surface area contributed by atoms with Crippen LogP contribution in [-0.2, 0) is 12.8 Å². The molecule has 2 N–H and O–H groups in total. The molecule has 1 aliphatic rings. The molecule has 0 saturated heterocycles. The van der Waals surface area contributed by atoms with Crippen LogP contribution in [0.15, 0.2) is 59.7 Å². The third-order valence-electron chi connectivity index (χ3n) is 5.01. The lowest BCUT2D eigenvalue weighted by atomic mass is 10.0. The van der Waals surface area contributed by atoms with E-state index >= 15 is 0 Å². The molecule has 0 fully saturated rings. The van der Waals surface area contributed by atoms with Crippen LogP contribution in [0.4, 0.5) is 0 Å². The second-order valence-corrected chi connectivity index (χ2v) is 7.17. The van der Waals surface area contributed by atoms with Crippen molar-refractivity contribution >= 4 is 18.4 Å². The van der Waals surface area contributed by atoms with E-state index in [9.17, 15) is 0 Å². The molecule has 7 heteroatoms. The highest BCUT2D eigenvalue weighted by atomic mass is 32.1. The van der Waals surface area contributed by atoms with Gasteiger partial charge in [0.25, 0.3) is 0 Å². The molecular weight excluding hydrogens is 368 g/mol. The molecule has 2 aromatic heterocycles. The fourth-order valence-corrected chi connectivity index (χ4v) is 3.75. The maximum absolute atomic E-state index is 5.37. The zero-order valence-electron chi connectivity index (χ0n) is 15.1. The lowest BCUT2D eigenvalue weighted by Gasteiger charge is -2.02. The molecule has 0 bridgehead atoms. The molecule has 0 aliphatic heterocycles. The SMILES string of the molecule is S=c1[nH]nc(-c2n[nH]c3c2CCC3)n1/N=C/c1ccc(-c2ccccc2)cc1. The number of aromatic amines is 2. The highest BCUT2D eigenvalue weighted by Gasteiger charge is 2.23. The van der Waals surface area contributed by atoms with E-state index in [1.807, 2.05) is 30.3 Å². The van der Waals surface area contributed by atoms with Crippen molar-refractivity contribution in [3.05, 3.63) is 76.2 Å². The number of H-pyrrole nitrogens is 2. The van der Waals surface area contributed by atoms with E-state index in [2.05, 4.69) is 49.8 Å². The molecule has 5 rings (SSSR count). The molecule has 6 nitrogen and oxygen atoms in total. The van der Waals surface area contributed by atoms with Crippen molar-refractivity contribution in [1.29, 1.82) is 0 Å². The fraction of sp³-hybridized carbons (Fsp3) is 0.143. The first-order valence-corrected chi connectivity index (χ1v) is 9.64. The standard InChI is InChI=1S/C21H18N6S/c28-21-26-25-20(19-17-7-4-8-18(17)23-24-19)27(21)22-13-14-9-11-16(12-10-14)15-5-2-1-3-6-15/h1-3,5-6,9-13H,4,7-8H2,(H,23,24)(H,26,28)/b22-13+. The topological polar surface area (TPSA) is 74.7 Å². The maximum Gasteiger partial charge on any atom is 0.216 e. The summed E-state index contributed by atoms with van der Waals surface area (Å²) in [5.41, 5.74) is 6.59. The molecule has 4 aromatic rings. The first kappa shape index (κ1) is 16.8. The largest absolute Gasteiger partial charge is 0.282 e. The molecule has 1 aliphatic carbocycles. The van der Waals surface area contributed by atoms with Gasteiger partial charge in [0.1, 0.15) is 5.69 Å². The van der Waals surface area contributed by atoms with Crippen molar-refractivity contribution in [3.8, 4) is 22.6 Å². The number of rotatable bonds is 4. The van der Waals surface area contributed by atoms with Crippen LogP contribution in [0, 0.1) is 4.77 Å². The van der Waals surface area contributed by atoms with Gasteiger partial charge in [0.05, 0.1) is 6.21 Å². The van der Waals surface area contributed by atoms with Gasteiger partial charge < -0.3 is 0 Å². The molecule has 0 radical (unpaired) electrons. The quantitative estimate of drug-likeness (QED) is 0.404. The number of hydrogen-bond donors (Lipinski definition) is 2. The van der Waals surface area contributed by atoms with Crippen LogP contribution in [0.3, 0.4) is 0 Å². The third kappa shape index (κ3) is 2.99. The zero-order chi connectivity index (χ0) is 18.9. The Kier molecular flexibility index (Phi) is 4.21. The van der Waals surface area contributed by atoms with E-state index in [1.165, 1.54) is 22.4 Å². The number of fused-ring (bicyclic) bond motifs is 1. The monoisotopic (exact) mass is 386 g/mol. The molecule has 0 amide bonds. The van der Waals surface area contributed by atoms with Gasteiger partial charge in [-0.05, 0) is 48.2 Å². The zero-order valence-corrected chi connectivity index (χ0v) is 15.9. The average molecular weight is 386 g/mol. The Balaban J connectivity index is 1.44. The van der Waals surface area contributed by atoms with Crippen molar-refractivity contribution in [3.63, 3.8) is 0 Å². The van der Waals surface area contributed by atoms with Crippen LogP contribution in [-0.4, -0.2) is 31.3 Å². The van der Waals surface area contributed by atoms with Crippen LogP contribution in [0.5, 0.6) is 0 Å². The first-order chi connectivity index (χ1) is 13.8. The summed E-state index contributed by atoms with van der Waals surface area (Å²) in [5.74, 6) is 0.640. The molecule has 0 spiro atoms. The van der Waals surface area contributed by atoms with E-state index in [1.54, 1.807) is 10.9 Å². The average Bonchev–Trinajstić information content (AvgIpc) is 3.44. The van der Waals surface area contributed by atoms with Gasteiger partial charge in [-0.25, -0.2) is 5.10 Å². The summed E-state index contributed by atoms with van der Waals surface area (Å²) in [6.07, 6.45) is 4.96. The van der Waals surface area contributed by atoms with Gasteiger partial charge in [-0.2, -0.15) is 20.0 Å². The van der Waals surface area contributed by atoms with Gasteiger partial charge in [0.2, 0.25) is 10.6 Å². The van der Waals surface area contributed by atoms with E-state index in [0.29, 0.717) is 10.6 Å². The lowest BCUT2D eigenvalue weighted by Crippen LogP contribution is -1.97. The van der Waals surface area contributed by atoms with Crippen LogP contribution in [0.25, 0.3) is 22.6 Å². The van der Waals surface area contributed by atoms with Gasteiger partial charge in [-0.3, -0.25) is 5.10 Å². The molecule has 0 unspecified atom stereocenters. The number of benzene rings is 2. The molecule has 2 aromatic carbocycles.